The minimum Gasteiger partial charge on any atom is -0.389 e. The molecule has 1 amide bonds. The van der Waals surface area contributed by atoms with Crippen LogP contribution in [0, 0.1) is 0 Å². The Morgan fingerprint density at radius 2 is 2.39 bits per heavy atom. The minimum absolute atomic E-state index is 0.199. The maximum atomic E-state index is 11.4. The monoisotopic (exact) mass is 264 g/mol. The van der Waals surface area contributed by atoms with Crippen molar-refractivity contribution in [2.45, 2.75) is 18.9 Å². The second-order valence-corrected chi connectivity index (χ2v) is 4.89. The Morgan fingerprint density at radius 1 is 1.61 bits per heavy atom. The van der Waals surface area contributed by atoms with Crippen LogP contribution in [0.15, 0.2) is 18.3 Å². The van der Waals surface area contributed by atoms with Gasteiger partial charge in [0.2, 0.25) is 5.91 Å². The number of carbonyl (C=O) groups is 1. The predicted octanol–water partition coefficient (Wildman–Crippen LogP) is 0.748. The summed E-state index contributed by atoms with van der Waals surface area (Å²) >= 11 is 4.87. The fourth-order valence-corrected chi connectivity index (χ4v) is 2.08. The molecule has 1 saturated heterocycles. The average molecular weight is 264 g/mol. The van der Waals surface area contributed by atoms with Crippen molar-refractivity contribution < 1.29 is 4.79 Å². The first-order chi connectivity index (χ1) is 8.56. The summed E-state index contributed by atoms with van der Waals surface area (Å²) in [6.45, 7) is 0.706. The standard InChI is InChI=1S/C12H16N4OS/c1-16-7-9(3-5-11(16)17)15-10-4-2-8(6-14-10)12(13)18/h2,4,6,9H,3,5,7H2,1H3,(H2,13,18)(H,14,15). The largest absolute Gasteiger partial charge is 0.389 e. The number of piperidine rings is 1. The van der Waals surface area contributed by atoms with Gasteiger partial charge in [-0.3, -0.25) is 4.79 Å². The van der Waals surface area contributed by atoms with Gasteiger partial charge in [0.05, 0.1) is 0 Å². The molecule has 3 N–H and O–H groups in total. The first kappa shape index (κ1) is 12.8. The summed E-state index contributed by atoms with van der Waals surface area (Å²) in [6, 6.07) is 3.94. The molecule has 0 saturated carbocycles. The number of pyridine rings is 1. The molecule has 1 unspecified atom stereocenters. The third-order valence-corrected chi connectivity index (χ3v) is 3.26. The van der Waals surface area contributed by atoms with Gasteiger partial charge in [0.1, 0.15) is 10.8 Å². The van der Waals surface area contributed by atoms with Crippen LogP contribution in [-0.2, 0) is 4.79 Å². The minimum atomic E-state index is 0.199. The molecule has 1 aliphatic rings. The number of thiocarbonyl (C=S) groups is 1. The van der Waals surface area contributed by atoms with E-state index in [1.807, 2.05) is 19.2 Å². The maximum Gasteiger partial charge on any atom is 0.222 e. The van der Waals surface area contributed by atoms with Crippen LogP contribution in [0.4, 0.5) is 5.82 Å². The average Bonchev–Trinajstić information content (AvgIpc) is 2.34. The maximum absolute atomic E-state index is 11.4. The van der Waals surface area contributed by atoms with Gasteiger partial charge < -0.3 is 16.0 Å². The van der Waals surface area contributed by atoms with Crippen molar-refractivity contribution in [2.75, 3.05) is 18.9 Å². The Morgan fingerprint density at radius 3 is 2.94 bits per heavy atom. The highest BCUT2D eigenvalue weighted by Crippen LogP contribution is 2.14. The number of carbonyl (C=O) groups excluding carboxylic acids is 1. The molecule has 1 aromatic heterocycles. The Balaban J connectivity index is 1.97. The van der Waals surface area contributed by atoms with Crippen molar-refractivity contribution in [3.05, 3.63) is 23.9 Å². The van der Waals surface area contributed by atoms with Gasteiger partial charge in [0, 0.05) is 37.8 Å². The zero-order valence-corrected chi connectivity index (χ0v) is 11.0. The van der Waals surface area contributed by atoms with Crippen molar-refractivity contribution >= 4 is 28.9 Å². The quantitative estimate of drug-likeness (QED) is 0.788. The Hall–Kier alpha value is -1.69. The van der Waals surface area contributed by atoms with Gasteiger partial charge in [-0.1, -0.05) is 12.2 Å². The van der Waals surface area contributed by atoms with E-state index in [1.165, 1.54) is 0 Å². The number of nitrogens with zero attached hydrogens (tertiary/aromatic N) is 2. The fourth-order valence-electron chi connectivity index (χ4n) is 1.96. The summed E-state index contributed by atoms with van der Waals surface area (Å²) in [5.74, 6) is 0.979. The van der Waals surface area contributed by atoms with Crippen LogP contribution in [0.1, 0.15) is 18.4 Å². The zero-order chi connectivity index (χ0) is 13.1. The number of rotatable bonds is 3. The van der Waals surface area contributed by atoms with Gasteiger partial charge in [-0.15, -0.1) is 0 Å². The van der Waals surface area contributed by atoms with Gasteiger partial charge in [0.25, 0.3) is 0 Å². The summed E-state index contributed by atoms with van der Waals surface area (Å²) in [7, 11) is 1.82. The number of anilines is 1. The van der Waals surface area contributed by atoms with E-state index < -0.39 is 0 Å². The van der Waals surface area contributed by atoms with E-state index in [4.69, 9.17) is 18.0 Å². The van der Waals surface area contributed by atoms with Crippen LogP contribution in [0.25, 0.3) is 0 Å². The molecule has 1 atom stereocenters. The Bertz CT molecular complexity index is 460. The molecule has 0 radical (unpaired) electrons. The topological polar surface area (TPSA) is 71.2 Å². The third kappa shape index (κ3) is 2.95. The van der Waals surface area contributed by atoms with Crippen LogP contribution in [-0.4, -0.2) is 40.4 Å². The lowest BCUT2D eigenvalue weighted by Crippen LogP contribution is -2.43. The summed E-state index contributed by atoms with van der Waals surface area (Å²) in [5, 5.41) is 3.31. The van der Waals surface area contributed by atoms with E-state index >= 15 is 0 Å². The van der Waals surface area contributed by atoms with Crippen molar-refractivity contribution in [3.63, 3.8) is 0 Å². The Labute approximate surface area is 111 Å². The number of likely N-dealkylation sites (N-methyl/N-ethyl adjacent to an activating group) is 1. The number of hydrogen-bond donors (Lipinski definition) is 2. The van der Waals surface area contributed by atoms with Crippen LogP contribution in [0.5, 0.6) is 0 Å². The Kier molecular flexibility index (Phi) is 3.76. The van der Waals surface area contributed by atoms with Crippen LogP contribution in [0.3, 0.4) is 0 Å². The zero-order valence-electron chi connectivity index (χ0n) is 10.2. The van der Waals surface area contributed by atoms with E-state index in [0.29, 0.717) is 18.0 Å². The SMILES string of the molecule is CN1CC(Nc2ccc(C(N)=S)cn2)CCC1=O. The van der Waals surface area contributed by atoms with E-state index in [0.717, 1.165) is 17.8 Å². The molecule has 2 heterocycles. The van der Waals surface area contributed by atoms with Gasteiger partial charge in [-0.05, 0) is 18.6 Å². The van der Waals surface area contributed by atoms with Gasteiger partial charge in [0.15, 0.2) is 0 Å². The number of likely N-dealkylation sites (tertiary alicyclic amines) is 1. The molecule has 5 nitrogen and oxygen atoms in total. The summed E-state index contributed by atoms with van der Waals surface area (Å²) in [6.07, 6.45) is 3.07. The fraction of sp³-hybridized carbons (Fsp3) is 0.417. The molecule has 0 bridgehead atoms. The van der Waals surface area contributed by atoms with E-state index in [-0.39, 0.29) is 11.9 Å². The predicted molar refractivity (Wildman–Crippen MR) is 74.4 cm³/mol. The second kappa shape index (κ2) is 5.30. The molecule has 96 valence electrons. The molecule has 0 aliphatic carbocycles. The lowest BCUT2D eigenvalue weighted by molar-refractivity contribution is -0.132. The molecule has 0 spiro atoms. The molecule has 1 fully saturated rings. The summed E-state index contributed by atoms with van der Waals surface area (Å²) in [5.41, 5.74) is 6.26. The third-order valence-electron chi connectivity index (χ3n) is 3.03. The first-order valence-corrected chi connectivity index (χ1v) is 6.23. The highest BCUT2D eigenvalue weighted by atomic mass is 32.1. The molecule has 0 aromatic carbocycles. The van der Waals surface area contributed by atoms with Gasteiger partial charge >= 0.3 is 0 Å². The first-order valence-electron chi connectivity index (χ1n) is 5.82. The van der Waals surface area contributed by atoms with Gasteiger partial charge in [-0.25, -0.2) is 4.98 Å². The van der Waals surface area contributed by atoms with Crippen molar-refractivity contribution in [2.24, 2.45) is 5.73 Å². The number of nitrogens with one attached hydrogen (secondary N) is 1. The van der Waals surface area contributed by atoms with E-state index in [1.54, 1.807) is 11.1 Å². The molecular weight excluding hydrogens is 248 g/mol. The number of aromatic nitrogens is 1. The van der Waals surface area contributed by atoms with E-state index in [9.17, 15) is 4.79 Å². The second-order valence-electron chi connectivity index (χ2n) is 4.45. The van der Waals surface area contributed by atoms with Crippen LogP contribution in [0.2, 0.25) is 0 Å². The normalized spacial score (nSPS) is 19.7. The molecule has 2 rings (SSSR count). The van der Waals surface area contributed by atoms with Crippen LogP contribution >= 0.6 is 12.2 Å². The summed E-state index contributed by atoms with van der Waals surface area (Å²) in [4.78, 5) is 17.7. The molecular formula is C12H16N4OS. The number of hydrogen-bond acceptors (Lipinski definition) is 4. The molecule has 1 aliphatic heterocycles. The highest BCUT2D eigenvalue weighted by molar-refractivity contribution is 7.80. The van der Waals surface area contributed by atoms with Crippen LogP contribution < -0.4 is 11.1 Å². The van der Waals surface area contributed by atoms with E-state index in [2.05, 4.69) is 10.3 Å². The lowest BCUT2D eigenvalue weighted by Gasteiger charge is -2.30. The van der Waals surface area contributed by atoms with Crippen molar-refractivity contribution in [3.8, 4) is 0 Å². The molecule has 18 heavy (non-hydrogen) atoms. The van der Waals surface area contributed by atoms with Crippen molar-refractivity contribution in [1.29, 1.82) is 0 Å². The number of nitrogens with two attached hydrogens (primary N) is 1. The summed E-state index contributed by atoms with van der Waals surface area (Å²) < 4.78 is 0. The lowest BCUT2D eigenvalue weighted by atomic mass is 10.1. The van der Waals surface area contributed by atoms with Crippen molar-refractivity contribution in [1.82, 2.24) is 9.88 Å². The molecule has 6 heteroatoms. The van der Waals surface area contributed by atoms with Gasteiger partial charge in [-0.2, -0.15) is 0 Å². The molecule has 1 aromatic rings. The smallest absolute Gasteiger partial charge is 0.222 e. The highest BCUT2D eigenvalue weighted by Gasteiger charge is 2.22. The number of amides is 1.